The molecule has 6 rings (SSSR count). The molecule has 0 bridgehead atoms. The molecule has 0 amide bonds. The molecule has 0 aliphatic carbocycles. The van der Waals surface area contributed by atoms with E-state index in [1.54, 1.807) is 0 Å². The van der Waals surface area contributed by atoms with E-state index in [9.17, 15) is 76.3 Å². The van der Waals surface area contributed by atoms with Gasteiger partial charge in [-0.05, 0) is 24.3 Å². The Bertz CT molecular complexity index is 1850. The molecule has 304 valence electrons. The highest BCUT2D eigenvalue weighted by Gasteiger charge is 2.48. The first-order valence-electron chi connectivity index (χ1n) is 16.7. The smallest absolute Gasteiger partial charge is 0.239 e. The van der Waals surface area contributed by atoms with Crippen molar-refractivity contribution < 1.29 is 104 Å². The zero-order valence-corrected chi connectivity index (χ0v) is 28.2. The van der Waals surface area contributed by atoms with Crippen molar-refractivity contribution in [2.24, 2.45) is 0 Å². The minimum Gasteiger partial charge on any atom is -0.508 e. The molecule has 3 saturated heterocycles. The fourth-order valence-electron chi connectivity index (χ4n) is 6.24. The minimum atomic E-state index is -2.09. The van der Waals surface area contributed by atoms with E-state index in [1.807, 2.05) is 0 Å². The highest BCUT2D eigenvalue weighted by molar-refractivity contribution is 5.91. The molecule has 55 heavy (non-hydrogen) atoms. The van der Waals surface area contributed by atoms with Crippen molar-refractivity contribution in [1.29, 1.82) is 0 Å². The van der Waals surface area contributed by atoms with Crippen LogP contribution in [0.5, 0.6) is 28.7 Å². The van der Waals surface area contributed by atoms with Crippen LogP contribution in [0.15, 0.2) is 39.5 Å². The van der Waals surface area contributed by atoms with E-state index in [2.05, 4.69) is 0 Å². The standard InChI is InChI=1S/C33H40O22/c34-6-13-17(38)22(43)25(46)31(51-13)50-12-5-11-16(20(41)29(12)54-32-26(47)23(44)18(39)14(7-35)52-32)21(42)30(28(49-11)9-1-3-10(37)4-2-9)55-33-27(48)24(45)19(40)15(8-36)53-33/h1-5,13-15,17-19,22-27,31-41,43-48H,6-8H2/t13?,14?,15?,17-,18-,19-,22+,23+,24?,25?,26?,27?,31-,32+,33+/m1/s1. The molecule has 7 unspecified atom stereocenters. The lowest BCUT2D eigenvalue weighted by molar-refractivity contribution is -0.282. The number of benzene rings is 2. The number of aromatic hydroxyl groups is 2. The molecule has 3 aliphatic rings. The summed E-state index contributed by atoms with van der Waals surface area (Å²) < 4.78 is 39.3. The highest BCUT2D eigenvalue weighted by atomic mass is 16.7. The van der Waals surface area contributed by atoms with E-state index in [0.717, 1.165) is 6.07 Å². The maximum Gasteiger partial charge on any atom is 0.239 e. The molecule has 22 nitrogen and oxygen atoms in total. The fraction of sp³-hybridized carbons (Fsp3) is 0.545. The van der Waals surface area contributed by atoms with E-state index in [1.165, 1.54) is 24.3 Å². The van der Waals surface area contributed by atoms with Crippen LogP contribution < -0.4 is 19.6 Å². The Balaban J connectivity index is 1.53. The van der Waals surface area contributed by atoms with Crippen LogP contribution in [0.4, 0.5) is 0 Å². The van der Waals surface area contributed by atoms with Gasteiger partial charge in [0.2, 0.25) is 35.8 Å². The summed E-state index contributed by atoms with van der Waals surface area (Å²) in [6.07, 6.45) is -28.0. The van der Waals surface area contributed by atoms with Gasteiger partial charge in [0.05, 0.1) is 19.8 Å². The van der Waals surface area contributed by atoms with Crippen LogP contribution in [-0.4, -0.2) is 183 Å². The van der Waals surface area contributed by atoms with Gasteiger partial charge in [0, 0.05) is 11.6 Å². The van der Waals surface area contributed by atoms with E-state index in [0.29, 0.717) is 0 Å². The van der Waals surface area contributed by atoms with Crippen molar-refractivity contribution in [3.05, 3.63) is 40.6 Å². The van der Waals surface area contributed by atoms with Gasteiger partial charge in [-0.1, -0.05) is 0 Å². The predicted octanol–water partition coefficient (Wildman–Crippen LogP) is -5.59. The van der Waals surface area contributed by atoms with E-state index in [-0.39, 0.29) is 11.3 Å². The third kappa shape index (κ3) is 7.51. The van der Waals surface area contributed by atoms with Crippen LogP contribution in [-0.2, 0) is 14.2 Å². The van der Waals surface area contributed by atoms with Gasteiger partial charge in [-0.15, -0.1) is 0 Å². The molecular formula is C33H40O22. The Labute approximate surface area is 307 Å². The van der Waals surface area contributed by atoms with Gasteiger partial charge in [0.25, 0.3) is 0 Å². The maximum atomic E-state index is 14.4. The molecule has 1 aromatic heterocycles. The summed E-state index contributed by atoms with van der Waals surface area (Å²) in [6, 6.07) is 5.81. The molecule has 3 aliphatic heterocycles. The molecule has 15 atom stereocenters. The Morgan fingerprint density at radius 3 is 1.40 bits per heavy atom. The number of fused-ring (bicyclic) bond motifs is 1. The summed E-state index contributed by atoms with van der Waals surface area (Å²) in [7, 11) is 0. The first-order valence-corrected chi connectivity index (χ1v) is 16.7. The number of aliphatic hydroxyl groups is 12. The van der Waals surface area contributed by atoms with Crippen molar-refractivity contribution >= 4 is 11.0 Å². The lowest BCUT2D eigenvalue weighted by Gasteiger charge is -2.41. The molecule has 4 heterocycles. The second kappa shape index (κ2) is 16.3. The second-order valence-corrected chi connectivity index (χ2v) is 13.0. The van der Waals surface area contributed by atoms with Gasteiger partial charge in [-0.2, -0.15) is 0 Å². The average Bonchev–Trinajstić information content (AvgIpc) is 3.17. The predicted molar refractivity (Wildman–Crippen MR) is 174 cm³/mol. The molecule has 3 fully saturated rings. The van der Waals surface area contributed by atoms with Gasteiger partial charge in [0.15, 0.2) is 17.3 Å². The zero-order chi connectivity index (χ0) is 40.0. The monoisotopic (exact) mass is 788 g/mol. The summed E-state index contributed by atoms with van der Waals surface area (Å²) in [5, 5.41) is 144. The number of rotatable bonds is 10. The van der Waals surface area contributed by atoms with Crippen LogP contribution in [0.25, 0.3) is 22.3 Å². The number of phenols is 2. The van der Waals surface area contributed by atoms with Gasteiger partial charge >= 0.3 is 0 Å². The molecule has 2 aromatic carbocycles. The van der Waals surface area contributed by atoms with Crippen LogP contribution in [0.1, 0.15) is 0 Å². The molecule has 22 heteroatoms. The Kier molecular flexibility index (Phi) is 12.0. The Morgan fingerprint density at radius 2 is 0.964 bits per heavy atom. The Morgan fingerprint density at radius 1 is 0.545 bits per heavy atom. The van der Waals surface area contributed by atoms with Crippen LogP contribution in [0, 0.1) is 0 Å². The summed E-state index contributed by atoms with van der Waals surface area (Å²) in [5.74, 6) is -4.30. The maximum absolute atomic E-state index is 14.4. The highest BCUT2D eigenvalue weighted by Crippen LogP contribution is 2.47. The summed E-state index contributed by atoms with van der Waals surface area (Å²) in [6.45, 7) is -2.63. The molecule has 0 saturated carbocycles. The van der Waals surface area contributed by atoms with E-state index >= 15 is 0 Å². The summed E-state index contributed by atoms with van der Waals surface area (Å²) in [4.78, 5) is 14.4. The van der Waals surface area contributed by atoms with E-state index < -0.39 is 157 Å². The van der Waals surface area contributed by atoms with Crippen LogP contribution in [0.3, 0.4) is 0 Å². The van der Waals surface area contributed by atoms with Crippen molar-refractivity contribution in [2.75, 3.05) is 19.8 Å². The summed E-state index contributed by atoms with van der Waals surface area (Å²) >= 11 is 0. The summed E-state index contributed by atoms with van der Waals surface area (Å²) in [5.41, 5.74) is -1.78. The molecular weight excluding hydrogens is 748 g/mol. The Hall–Kier alpha value is -3.95. The molecule has 0 radical (unpaired) electrons. The van der Waals surface area contributed by atoms with Crippen molar-refractivity contribution in [3.63, 3.8) is 0 Å². The van der Waals surface area contributed by atoms with Crippen molar-refractivity contribution in [1.82, 2.24) is 0 Å². The fourth-order valence-corrected chi connectivity index (χ4v) is 6.24. The van der Waals surface area contributed by atoms with Crippen molar-refractivity contribution in [2.45, 2.75) is 92.1 Å². The zero-order valence-electron chi connectivity index (χ0n) is 28.2. The topological polar surface area (TPSA) is 369 Å². The van der Waals surface area contributed by atoms with Crippen molar-refractivity contribution in [3.8, 4) is 40.1 Å². The van der Waals surface area contributed by atoms with Gasteiger partial charge in [0.1, 0.15) is 90.0 Å². The average molecular weight is 789 g/mol. The first-order chi connectivity index (χ1) is 26.1. The molecule has 14 N–H and O–H groups in total. The lowest BCUT2D eigenvalue weighted by atomic mass is 9.99. The number of aliphatic hydroxyl groups excluding tert-OH is 12. The largest absolute Gasteiger partial charge is 0.508 e. The SMILES string of the molecule is O=c1c(O[C@@H]2OC(CO)[C@@H](O)C(O)C2O)c(-c2ccc(O)cc2)oc2cc(O[C@@H]3OC(CO)[C@@H](O)[C@H](O)C3O)c(O[C@@H]3OC(CO)[C@@H](O)[C@H](O)C3O)c(O)c12. The number of ether oxygens (including phenoxy) is 6. The normalized spacial score (nSPS) is 36.8. The van der Waals surface area contributed by atoms with Gasteiger partial charge < -0.3 is 104 Å². The first kappa shape index (κ1) is 40.7. The number of phenolic OH excluding ortho intramolecular Hbond substituents is 2. The number of hydrogen-bond acceptors (Lipinski definition) is 22. The van der Waals surface area contributed by atoms with Crippen LogP contribution in [0.2, 0.25) is 0 Å². The molecule has 0 spiro atoms. The molecule has 3 aromatic rings. The van der Waals surface area contributed by atoms with Gasteiger partial charge in [-0.3, -0.25) is 4.79 Å². The quantitative estimate of drug-likeness (QED) is 0.0910. The van der Waals surface area contributed by atoms with Gasteiger partial charge in [-0.25, -0.2) is 0 Å². The third-order valence-corrected chi connectivity index (χ3v) is 9.42. The number of hydrogen-bond donors (Lipinski definition) is 14. The third-order valence-electron chi connectivity index (χ3n) is 9.42. The lowest BCUT2D eigenvalue weighted by Crippen LogP contribution is -2.60. The second-order valence-electron chi connectivity index (χ2n) is 13.0. The van der Waals surface area contributed by atoms with E-state index in [4.69, 9.17) is 32.8 Å². The van der Waals surface area contributed by atoms with Crippen LogP contribution >= 0.6 is 0 Å². The minimum absolute atomic E-state index is 0.0222.